The standard InChI is InChI=1S/C19H27N5O5/c1-13(12-25)23-16(26)9-21-17(27)11-24(2)18(28)10-22-19(29)15(20)8-14-6-4-3-5-7-14/h3-7,12-13,15H,8-11,20H2,1-2H3,(H,21,27)(H,22,29)(H,23,26). The molecule has 0 heterocycles. The Kier molecular flexibility index (Phi) is 10.0. The Balaban J connectivity index is 2.32. The summed E-state index contributed by atoms with van der Waals surface area (Å²) in [5, 5.41) is 7.15. The van der Waals surface area contributed by atoms with Crippen molar-refractivity contribution < 1.29 is 24.0 Å². The largest absolute Gasteiger partial charge is 0.346 e. The number of rotatable bonds is 11. The molecule has 0 aliphatic rings. The van der Waals surface area contributed by atoms with Gasteiger partial charge in [-0.25, -0.2) is 0 Å². The Labute approximate surface area is 169 Å². The van der Waals surface area contributed by atoms with Crippen molar-refractivity contribution in [2.75, 3.05) is 26.7 Å². The van der Waals surface area contributed by atoms with Crippen LogP contribution in [0.15, 0.2) is 30.3 Å². The molecule has 0 aliphatic heterocycles. The van der Waals surface area contributed by atoms with Gasteiger partial charge in [0.15, 0.2) is 0 Å². The van der Waals surface area contributed by atoms with Crippen molar-refractivity contribution >= 4 is 29.9 Å². The molecule has 10 heteroatoms. The molecule has 2 unspecified atom stereocenters. The Morgan fingerprint density at radius 2 is 1.72 bits per heavy atom. The average molecular weight is 405 g/mol. The molecule has 0 bridgehead atoms. The molecule has 0 radical (unpaired) electrons. The van der Waals surface area contributed by atoms with Gasteiger partial charge in [0.05, 0.1) is 31.7 Å². The molecule has 1 aromatic rings. The lowest BCUT2D eigenvalue weighted by atomic mass is 10.1. The molecule has 0 aromatic heterocycles. The third-order valence-electron chi connectivity index (χ3n) is 3.89. The number of carbonyl (C=O) groups excluding carboxylic acids is 5. The molecule has 1 rings (SSSR count). The second kappa shape index (κ2) is 12.2. The fourth-order valence-electron chi connectivity index (χ4n) is 2.27. The molecule has 1 aromatic carbocycles. The Morgan fingerprint density at radius 1 is 1.07 bits per heavy atom. The normalized spacial score (nSPS) is 12.2. The minimum Gasteiger partial charge on any atom is -0.346 e. The molecule has 0 aliphatic carbocycles. The van der Waals surface area contributed by atoms with Crippen LogP contribution in [0.4, 0.5) is 0 Å². The maximum Gasteiger partial charge on any atom is 0.242 e. The van der Waals surface area contributed by atoms with E-state index in [1.54, 1.807) is 0 Å². The highest BCUT2D eigenvalue weighted by atomic mass is 16.2. The number of carbonyl (C=O) groups is 5. The number of likely N-dealkylation sites (N-methyl/N-ethyl adjacent to an activating group) is 1. The number of nitrogens with zero attached hydrogens (tertiary/aromatic N) is 1. The van der Waals surface area contributed by atoms with Gasteiger partial charge < -0.3 is 31.4 Å². The van der Waals surface area contributed by atoms with E-state index in [0.29, 0.717) is 12.7 Å². The second-order valence-electron chi connectivity index (χ2n) is 6.53. The lowest BCUT2D eigenvalue weighted by Crippen LogP contribution is -2.48. The van der Waals surface area contributed by atoms with Crippen LogP contribution >= 0.6 is 0 Å². The monoisotopic (exact) mass is 405 g/mol. The lowest BCUT2D eigenvalue weighted by molar-refractivity contribution is -0.135. The number of benzene rings is 1. The van der Waals surface area contributed by atoms with Gasteiger partial charge in [-0.15, -0.1) is 0 Å². The predicted octanol–water partition coefficient (Wildman–Crippen LogP) is -2.05. The highest BCUT2D eigenvalue weighted by molar-refractivity contribution is 5.91. The smallest absolute Gasteiger partial charge is 0.242 e. The summed E-state index contributed by atoms with van der Waals surface area (Å²) >= 11 is 0. The highest BCUT2D eigenvalue weighted by Gasteiger charge is 2.18. The first-order valence-corrected chi connectivity index (χ1v) is 9.05. The summed E-state index contributed by atoms with van der Waals surface area (Å²) in [5.74, 6) is -2.03. The molecule has 2 atom stereocenters. The Bertz CT molecular complexity index is 725. The minimum atomic E-state index is -0.800. The quantitative estimate of drug-likeness (QED) is 0.311. The number of hydrogen-bond acceptors (Lipinski definition) is 6. The minimum absolute atomic E-state index is 0.290. The molecular weight excluding hydrogens is 378 g/mol. The van der Waals surface area contributed by atoms with Crippen LogP contribution in [-0.4, -0.2) is 73.6 Å². The SMILES string of the molecule is CC(C=O)NC(=O)CNC(=O)CN(C)C(=O)CNC(=O)C(N)Cc1ccccc1. The molecule has 0 saturated heterocycles. The van der Waals surface area contributed by atoms with Gasteiger partial charge in [-0.2, -0.15) is 0 Å². The van der Waals surface area contributed by atoms with E-state index in [4.69, 9.17) is 5.73 Å². The van der Waals surface area contributed by atoms with Crippen molar-refractivity contribution in [1.82, 2.24) is 20.9 Å². The van der Waals surface area contributed by atoms with E-state index in [1.165, 1.54) is 14.0 Å². The van der Waals surface area contributed by atoms with E-state index in [1.807, 2.05) is 30.3 Å². The molecule has 5 N–H and O–H groups in total. The summed E-state index contributed by atoms with van der Waals surface area (Å²) < 4.78 is 0. The fraction of sp³-hybridized carbons (Fsp3) is 0.421. The number of amides is 4. The van der Waals surface area contributed by atoms with Crippen molar-refractivity contribution in [2.45, 2.75) is 25.4 Å². The third kappa shape index (κ3) is 9.47. The zero-order valence-corrected chi connectivity index (χ0v) is 16.5. The van der Waals surface area contributed by atoms with Crippen LogP contribution in [0.1, 0.15) is 12.5 Å². The van der Waals surface area contributed by atoms with Gasteiger partial charge in [-0.1, -0.05) is 30.3 Å². The van der Waals surface area contributed by atoms with E-state index in [0.717, 1.165) is 10.5 Å². The maximum atomic E-state index is 12.1. The fourth-order valence-corrected chi connectivity index (χ4v) is 2.27. The molecule has 4 amide bonds. The average Bonchev–Trinajstić information content (AvgIpc) is 2.70. The van der Waals surface area contributed by atoms with Crippen molar-refractivity contribution in [3.63, 3.8) is 0 Å². The van der Waals surface area contributed by atoms with Gasteiger partial charge in [0.1, 0.15) is 6.29 Å². The Morgan fingerprint density at radius 3 is 2.34 bits per heavy atom. The molecule has 0 spiro atoms. The van der Waals surface area contributed by atoms with Crippen LogP contribution in [0.3, 0.4) is 0 Å². The number of aldehydes is 1. The number of hydrogen-bond donors (Lipinski definition) is 4. The van der Waals surface area contributed by atoms with Gasteiger partial charge in [-0.05, 0) is 18.9 Å². The Hall–Kier alpha value is -3.27. The van der Waals surface area contributed by atoms with Gasteiger partial charge >= 0.3 is 0 Å². The molecule has 10 nitrogen and oxygen atoms in total. The summed E-state index contributed by atoms with van der Waals surface area (Å²) in [5.41, 5.74) is 6.75. The van der Waals surface area contributed by atoms with Crippen molar-refractivity contribution in [3.8, 4) is 0 Å². The zero-order chi connectivity index (χ0) is 21.8. The summed E-state index contributed by atoms with van der Waals surface area (Å²) in [7, 11) is 1.40. The summed E-state index contributed by atoms with van der Waals surface area (Å²) in [6.07, 6.45) is 0.899. The van der Waals surface area contributed by atoms with Crippen molar-refractivity contribution in [1.29, 1.82) is 0 Å². The van der Waals surface area contributed by atoms with E-state index in [2.05, 4.69) is 16.0 Å². The van der Waals surface area contributed by atoms with Crippen LogP contribution in [0.25, 0.3) is 0 Å². The van der Waals surface area contributed by atoms with Gasteiger partial charge in [-0.3, -0.25) is 19.2 Å². The predicted molar refractivity (Wildman–Crippen MR) is 105 cm³/mol. The first-order chi connectivity index (χ1) is 13.7. The van der Waals surface area contributed by atoms with Crippen molar-refractivity contribution in [3.05, 3.63) is 35.9 Å². The third-order valence-corrected chi connectivity index (χ3v) is 3.89. The second-order valence-corrected chi connectivity index (χ2v) is 6.53. The van der Waals surface area contributed by atoms with E-state index in [-0.39, 0.29) is 19.6 Å². The topological polar surface area (TPSA) is 151 Å². The molecule has 158 valence electrons. The van der Waals surface area contributed by atoms with Crippen LogP contribution in [-0.2, 0) is 30.4 Å². The van der Waals surface area contributed by atoms with E-state index < -0.39 is 35.7 Å². The highest BCUT2D eigenvalue weighted by Crippen LogP contribution is 2.01. The molecule has 0 fully saturated rings. The van der Waals surface area contributed by atoms with E-state index in [9.17, 15) is 24.0 Å². The van der Waals surface area contributed by atoms with E-state index >= 15 is 0 Å². The molecular formula is C19H27N5O5. The lowest BCUT2D eigenvalue weighted by Gasteiger charge is -2.18. The molecule has 0 saturated carbocycles. The summed E-state index contributed by atoms with van der Waals surface area (Å²) in [6, 6.07) is 7.80. The van der Waals surface area contributed by atoms with Crippen LogP contribution in [0.5, 0.6) is 0 Å². The maximum absolute atomic E-state index is 12.1. The van der Waals surface area contributed by atoms with Gasteiger partial charge in [0.25, 0.3) is 0 Å². The van der Waals surface area contributed by atoms with Crippen LogP contribution < -0.4 is 21.7 Å². The summed E-state index contributed by atoms with van der Waals surface area (Å²) in [4.78, 5) is 59.0. The van der Waals surface area contributed by atoms with Crippen LogP contribution in [0.2, 0.25) is 0 Å². The van der Waals surface area contributed by atoms with Crippen LogP contribution in [0, 0.1) is 0 Å². The number of nitrogens with one attached hydrogen (secondary N) is 3. The first-order valence-electron chi connectivity index (χ1n) is 9.05. The van der Waals surface area contributed by atoms with Crippen molar-refractivity contribution in [2.24, 2.45) is 5.73 Å². The first kappa shape index (κ1) is 23.8. The van der Waals surface area contributed by atoms with Gasteiger partial charge in [0, 0.05) is 7.05 Å². The van der Waals surface area contributed by atoms with Gasteiger partial charge in [0.2, 0.25) is 23.6 Å². The summed E-state index contributed by atoms with van der Waals surface area (Å²) in [6.45, 7) is 0.590. The molecule has 29 heavy (non-hydrogen) atoms. The number of nitrogens with two attached hydrogens (primary N) is 1. The zero-order valence-electron chi connectivity index (χ0n) is 16.5.